The number of nitrogens with zero attached hydrogens (tertiary/aromatic N) is 2. The molecule has 8 heteroatoms. The highest BCUT2D eigenvalue weighted by Gasteiger charge is 2.31. The highest BCUT2D eigenvalue weighted by Crippen LogP contribution is 2.26. The molecule has 7 nitrogen and oxygen atoms in total. The van der Waals surface area contributed by atoms with Gasteiger partial charge in [0.15, 0.2) is 0 Å². The van der Waals surface area contributed by atoms with Gasteiger partial charge in [-0.05, 0) is 44.2 Å². The average molecular weight is 436 g/mol. The van der Waals surface area contributed by atoms with Crippen LogP contribution in [0.4, 0.5) is 0 Å². The Labute approximate surface area is 179 Å². The molecule has 0 aromatic heterocycles. The summed E-state index contributed by atoms with van der Waals surface area (Å²) in [5, 5.41) is 2.75. The van der Waals surface area contributed by atoms with Crippen LogP contribution in [0, 0.1) is 19.8 Å². The van der Waals surface area contributed by atoms with Crippen molar-refractivity contribution in [2.45, 2.75) is 57.3 Å². The molecule has 2 amide bonds. The molecule has 1 aliphatic heterocycles. The van der Waals surface area contributed by atoms with E-state index in [1.165, 1.54) is 23.6 Å². The maximum atomic E-state index is 13.0. The van der Waals surface area contributed by atoms with E-state index in [1.54, 1.807) is 24.0 Å². The lowest BCUT2D eigenvalue weighted by Crippen LogP contribution is -2.52. The predicted molar refractivity (Wildman–Crippen MR) is 115 cm³/mol. The van der Waals surface area contributed by atoms with Crippen molar-refractivity contribution in [1.29, 1.82) is 0 Å². The molecule has 2 aliphatic rings. The first-order chi connectivity index (χ1) is 14.3. The van der Waals surface area contributed by atoms with Crippen LogP contribution >= 0.6 is 0 Å². The summed E-state index contributed by atoms with van der Waals surface area (Å²) in [6, 6.07) is 5.32. The number of hydrogen-bond acceptors (Lipinski definition) is 4. The zero-order valence-electron chi connectivity index (χ0n) is 18.0. The van der Waals surface area contributed by atoms with Crippen molar-refractivity contribution >= 4 is 21.8 Å². The fourth-order valence-electron chi connectivity index (χ4n) is 4.42. The van der Waals surface area contributed by atoms with Crippen molar-refractivity contribution in [3.05, 3.63) is 29.3 Å². The molecule has 166 valence electrons. The van der Waals surface area contributed by atoms with E-state index >= 15 is 0 Å². The number of nitrogens with one attached hydrogen (secondary N) is 1. The third kappa shape index (κ3) is 5.60. The molecule has 3 rings (SSSR count). The first-order valence-corrected chi connectivity index (χ1v) is 12.3. The van der Waals surface area contributed by atoms with Crippen molar-refractivity contribution in [2.24, 2.45) is 5.92 Å². The first-order valence-electron chi connectivity index (χ1n) is 10.9. The van der Waals surface area contributed by atoms with Crippen LogP contribution in [0.2, 0.25) is 0 Å². The Bertz CT molecular complexity index is 870. The van der Waals surface area contributed by atoms with Gasteiger partial charge in [-0.3, -0.25) is 9.59 Å². The van der Waals surface area contributed by atoms with Gasteiger partial charge in [0.05, 0.1) is 11.4 Å². The molecule has 1 N–H and O–H groups in total. The summed E-state index contributed by atoms with van der Waals surface area (Å²) in [4.78, 5) is 26.5. The number of carbonyl (C=O) groups is 2. The summed E-state index contributed by atoms with van der Waals surface area (Å²) in [7, 11) is -3.58. The molecule has 1 saturated heterocycles. The van der Waals surface area contributed by atoms with Crippen LogP contribution in [0.1, 0.15) is 49.7 Å². The van der Waals surface area contributed by atoms with Crippen molar-refractivity contribution in [3.63, 3.8) is 0 Å². The lowest BCUT2D eigenvalue weighted by atomic mass is 9.87. The van der Waals surface area contributed by atoms with Gasteiger partial charge < -0.3 is 10.2 Å². The molecule has 1 saturated carbocycles. The second kappa shape index (κ2) is 9.92. The van der Waals surface area contributed by atoms with E-state index in [2.05, 4.69) is 5.32 Å². The van der Waals surface area contributed by atoms with Crippen molar-refractivity contribution in [1.82, 2.24) is 14.5 Å². The zero-order valence-corrected chi connectivity index (χ0v) is 18.8. The fourth-order valence-corrected chi connectivity index (χ4v) is 6.05. The number of rotatable bonds is 6. The molecule has 1 heterocycles. The SMILES string of the molecule is Cc1ccc(S(=O)(=O)N2CCN(C(=O)CNC(=O)CC3CCCCC3)CC2)c(C)c1. The summed E-state index contributed by atoms with van der Waals surface area (Å²) in [5.41, 5.74) is 1.75. The number of amides is 2. The minimum absolute atomic E-state index is 0.0185. The monoisotopic (exact) mass is 435 g/mol. The van der Waals surface area contributed by atoms with Gasteiger partial charge in [0.2, 0.25) is 21.8 Å². The van der Waals surface area contributed by atoms with E-state index in [0.29, 0.717) is 30.3 Å². The Morgan fingerprint density at radius 1 is 1.03 bits per heavy atom. The number of sulfonamides is 1. The second-order valence-corrected chi connectivity index (χ2v) is 10.4. The molecule has 1 aromatic rings. The fraction of sp³-hybridized carbons (Fsp3) is 0.636. The highest BCUT2D eigenvalue weighted by molar-refractivity contribution is 7.89. The van der Waals surface area contributed by atoms with E-state index in [-0.39, 0.29) is 31.4 Å². The van der Waals surface area contributed by atoms with Crippen LogP contribution in [0.25, 0.3) is 0 Å². The summed E-state index contributed by atoms with van der Waals surface area (Å²) >= 11 is 0. The Morgan fingerprint density at radius 2 is 1.70 bits per heavy atom. The normalized spacial score (nSPS) is 18.9. The van der Waals surface area contributed by atoms with Gasteiger partial charge in [-0.15, -0.1) is 0 Å². The van der Waals surface area contributed by atoms with Crippen molar-refractivity contribution in [3.8, 4) is 0 Å². The molecule has 1 aliphatic carbocycles. The van der Waals surface area contributed by atoms with Gasteiger partial charge >= 0.3 is 0 Å². The minimum atomic E-state index is -3.58. The smallest absolute Gasteiger partial charge is 0.243 e. The van der Waals surface area contributed by atoms with E-state index in [4.69, 9.17) is 0 Å². The molecular formula is C22H33N3O4S. The maximum absolute atomic E-state index is 13.0. The van der Waals surface area contributed by atoms with Gasteiger partial charge in [0, 0.05) is 32.6 Å². The van der Waals surface area contributed by atoms with E-state index < -0.39 is 10.0 Å². The van der Waals surface area contributed by atoms with E-state index in [0.717, 1.165) is 24.0 Å². The second-order valence-electron chi connectivity index (χ2n) is 8.54. The molecule has 0 bridgehead atoms. The van der Waals surface area contributed by atoms with Crippen LogP contribution in [0.5, 0.6) is 0 Å². The Hall–Kier alpha value is -1.93. The molecular weight excluding hydrogens is 402 g/mol. The summed E-state index contributed by atoms with van der Waals surface area (Å²) in [6.07, 6.45) is 6.31. The summed E-state index contributed by atoms with van der Waals surface area (Å²) in [5.74, 6) is 0.217. The first kappa shape index (κ1) is 22.7. The largest absolute Gasteiger partial charge is 0.347 e. The third-order valence-electron chi connectivity index (χ3n) is 6.18. The average Bonchev–Trinajstić information content (AvgIpc) is 2.72. The number of aryl methyl sites for hydroxylation is 2. The highest BCUT2D eigenvalue weighted by atomic mass is 32.2. The zero-order chi connectivity index (χ0) is 21.7. The van der Waals surface area contributed by atoms with Crippen LogP contribution in [0.3, 0.4) is 0 Å². The Balaban J connectivity index is 1.47. The summed E-state index contributed by atoms with van der Waals surface area (Å²) < 4.78 is 27.4. The molecule has 1 aromatic carbocycles. The van der Waals surface area contributed by atoms with Crippen LogP contribution < -0.4 is 5.32 Å². The number of piperazine rings is 1. The number of benzene rings is 1. The third-order valence-corrected chi connectivity index (χ3v) is 8.23. The van der Waals surface area contributed by atoms with Gasteiger partial charge in [0.25, 0.3) is 0 Å². The lowest BCUT2D eigenvalue weighted by Gasteiger charge is -2.34. The number of hydrogen-bond donors (Lipinski definition) is 1. The van der Waals surface area contributed by atoms with E-state index in [1.807, 2.05) is 13.0 Å². The molecule has 0 spiro atoms. The molecule has 0 unspecified atom stereocenters. The molecule has 0 atom stereocenters. The van der Waals surface area contributed by atoms with Crippen molar-refractivity contribution < 1.29 is 18.0 Å². The standard InChI is InChI=1S/C22H33N3O4S/c1-17-8-9-20(18(2)14-17)30(28,29)25-12-10-24(11-13-25)22(27)16-23-21(26)15-19-6-4-3-5-7-19/h8-9,14,19H,3-7,10-13,15-16H2,1-2H3,(H,23,26). The van der Waals surface area contributed by atoms with Crippen molar-refractivity contribution in [2.75, 3.05) is 32.7 Å². The summed E-state index contributed by atoms with van der Waals surface area (Å²) in [6.45, 7) is 4.91. The van der Waals surface area contributed by atoms with Gasteiger partial charge in [-0.2, -0.15) is 4.31 Å². The molecule has 2 fully saturated rings. The quantitative estimate of drug-likeness (QED) is 0.742. The van der Waals surface area contributed by atoms with Crippen LogP contribution in [-0.4, -0.2) is 62.2 Å². The molecule has 30 heavy (non-hydrogen) atoms. The van der Waals surface area contributed by atoms with Gasteiger partial charge in [0.1, 0.15) is 0 Å². The van der Waals surface area contributed by atoms with Gasteiger partial charge in [-0.1, -0.05) is 37.0 Å². The predicted octanol–water partition coefficient (Wildman–Crippen LogP) is 2.22. The van der Waals surface area contributed by atoms with Crippen LogP contribution in [-0.2, 0) is 19.6 Å². The number of carbonyl (C=O) groups excluding carboxylic acids is 2. The minimum Gasteiger partial charge on any atom is -0.347 e. The maximum Gasteiger partial charge on any atom is 0.243 e. The van der Waals surface area contributed by atoms with Gasteiger partial charge in [-0.25, -0.2) is 8.42 Å². The topological polar surface area (TPSA) is 86.8 Å². The molecule has 0 radical (unpaired) electrons. The Morgan fingerprint density at radius 3 is 2.33 bits per heavy atom. The lowest BCUT2D eigenvalue weighted by molar-refractivity contribution is -0.134. The van der Waals surface area contributed by atoms with Crippen LogP contribution in [0.15, 0.2) is 23.1 Å². The van der Waals surface area contributed by atoms with E-state index in [9.17, 15) is 18.0 Å². The Kier molecular flexibility index (Phi) is 7.52.